The highest BCUT2D eigenvalue weighted by atomic mass is 16.5. The number of rotatable bonds is 6. The Morgan fingerprint density at radius 3 is 2.50 bits per heavy atom. The first-order chi connectivity index (χ1) is 13.5. The predicted molar refractivity (Wildman–Crippen MR) is 107 cm³/mol. The summed E-state index contributed by atoms with van der Waals surface area (Å²) in [5, 5.41) is 0. The van der Waals surface area contributed by atoms with E-state index in [-0.39, 0.29) is 12.5 Å². The van der Waals surface area contributed by atoms with Gasteiger partial charge in [-0.1, -0.05) is 23.8 Å². The number of carbonyl (C=O) groups is 2. The SMILES string of the molecule is Cc1cc(C)c(C(=O)OCC(=O)N(Cc2ccco2)C2=CCCCC2)c(C)c1. The molecule has 0 saturated heterocycles. The number of nitrogens with zero attached hydrogens (tertiary/aromatic N) is 1. The van der Waals surface area contributed by atoms with E-state index in [0.29, 0.717) is 17.9 Å². The molecule has 1 amide bonds. The van der Waals surface area contributed by atoms with Gasteiger partial charge in [0.05, 0.1) is 18.4 Å². The lowest BCUT2D eigenvalue weighted by molar-refractivity contribution is -0.133. The predicted octanol–water partition coefficient (Wildman–Crippen LogP) is 4.85. The molecule has 28 heavy (non-hydrogen) atoms. The third kappa shape index (κ3) is 4.71. The third-order valence-corrected chi connectivity index (χ3v) is 5.02. The summed E-state index contributed by atoms with van der Waals surface area (Å²) >= 11 is 0. The summed E-state index contributed by atoms with van der Waals surface area (Å²) in [7, 11) is 0. The first-order valence-electron chi connectivity index (χ1n) is 9.72. The molecule has 1 aliphatic carbocycles. The Morgan fingerprint density at radius 1 is 1.14 bits per heavy atom. The molecule has 0 saturated carbocycles. The van der Waals surface area contributed by atoms with Crippen molar-refractivity contribution in [3.05, 3.63) is 70.3 Å². The lowest BCUT2D eigenvalue weighted by Gasteiger charge is -2.27. The van der Waals surface area contributed by atoms with E-state index >= 15 is 0 Å². The maximum absolute atomic E-state index is 12.9. The van der Waals surface area contributed by atoms with Crippen molar-refractivity contribution in [2.75, 3.05) is 6.61 Å². The maximum atomic E-state index is 12.9. The van der Waals surface area contributed by atoms with E-state index < -0.39 is 5.97 Å². The average Bonchev–Trinajstić information content (AvgIpc) is 3.17. The van der Waals surface area contributed by atoms with Crippen LogP contribution in [0.1, 0.15) is 58.5 Å². The highest BCUT2D eigenvalue weighted by molar-refractivity contribution is 5.94. The second-order valence-electron chi connectivity index (χ2n) is 7.35. The van der Waals surface area contributed by atoms with Crippen molar-refractivity contribution in [1.82, 2.24) is 4.90 Å². The van der Waals surface area contributed by atoms with Crippen molar-refractivity contribution in [3.8, 4) is 0 Å². The molecule has 0 fully saturated rings. The zero-order chi connectivity index (χ0) is 20.1. The number of amides is 1. The summed E-state index contributed by atoms with van der Waals surface area (Å²) in [5.41, 5.74) is 4.32. The van der Waals surface area contributed by atoms with Crippen LogP contribution in [-0.4, -0.2) is 23.4 Å². The largest absolute Gasteiger partial charge is 0.467 e. The molecule has 0 radical (unpaired) electrons. The van der Waals surface area contributed by atoms with Crippen molar-refractivity contribution in [1.29, 1.82) is 0 Å². The minimum atomic E-state index is -0.459. The third-order valence-electron chi connectivity index (χ3n) is 5.02. The molecule has 2 aromatic rings. The molecule has 1 aromatic carbocycles. The number of hydrogen-bond acceptors (Lipinski definition) is 4. The highest BCUT2D eigenvalue weighted by Gasteiger charge is 2.23. The molecule has 5 heteroatoms. The van der Waals surface area contributed by atoms with E-state index in [9.17, 15) is 9.59 Å². The molecule has 1 aromatic heterocycles. The van der Waals surface area contributed by atoms with Crippen LogP contribution >= 0.6 is 0 Å². The van der Waals surface area contributed by atoms with Gasteiger partial charge in [0.15, 0.2) is 6.61 Å². The second kappa shape index (κ2) is 8.91. The van der Waals surface area contributed by atoms with E-state index in [4.69, 9.17) is 9.15 Å². The maximum Gasteiger partial charge on any atom is 0.339 e. The molecule has 0 N–H and O–H groups in total. The Kier molecular flexibility index (Phi) is 6.34. The number of esters is 1. The summed E-state index contributed by atoms with van der Waals surface area (Å²) in [4.78, 5) is 27.2. The summed E-state index contributed by atoms with van der Waals surface area (Å²) in [5.74, 6) is 0.00983. The molecule has 0 bridgehead atoms. The standard InChI is InChI=1S/C23H27NO4/c1-16-12-17(2)22(18(3)13-16)23(26)28-15-21(25)24(14-20-10-7-11-27-20)19-8-5-4-6-9-19/h7-8,10-13H,4-6,9,14-15H2,1-3H3. The minimum absolute atomic E-state index is 0.236. The molecule has 148 valence electrons. The first kappa shape index (κ1) is 19.9. The smallest absolute Gasteiger partial charge is 0.339 e. The Morgan fingerprint density at radius 2 is 1.89 bits per heavy atom. The van der Waals surface area contributed by atoms with Crippen molar-refractivity contribution in [2.24, 2.45) is 0 Å². The van der Waals surface area contributed by atoms with E-state index in [1.54, 1.807) is 17.2 Å². The molecule has 0 unspecified atom stereocenters. The molecular weight excluding hydrogens is 354 g/mol. The van der Waals surface area contributed by atoms with Crippen molar-refractivity contribution < 1.29 is 18.7 Å². The van der Waals surface area contributed by atoms with Gasteiger partial charge in [0, 0.05) is 5.70 Å². The Balaban J connectivity index is 1.71. The van der Waals surface area contributed by atoms with Gasteiger partial charge >= 0.3 is 5.97 Å². The van der Waals surface area contributed by atoms with Crippen LogP contribution in [0.2, 0.25) is 0 Å². The Hall–Kier alpha value is -2.82. The summed E-state index contributed by atoms with van der Waals surface area (Å²) < 4.78 is 10.8. The van der Waals surface area contributed by atoms with E-state index in [1.165, 1.54) is 0 Å². The summed E-state index contributed by atoms with van der Waals surface area (Å²) in [6.07, 6.45) is 7.68. The van der Waals surface area contributed by atoms with Crippen LogP contribution in [0.15, 0.2) is 46.7 Å². The number of furan rings is 1. The van der Waals surface area contributed by atoms with E-state index in [0.717, 1.165) is 48.1 Å². The van der Waals surface area contributed by atoms with Gasteiger partial charge in [0.25, 0.3) is 5.91 Å². The Labute approximate surface area is 166 Å². The molecular formula is C23H27NO4. The molecule has 1 aliphatic rings. The van der Waals surface area contributed by atoms with Crippen LogP contribution in [0.5, 0.6) is 0 Å². The van der Waals surface area contributed by atoms with Crippen LogP contribution in [0.4, 0.5) is 0 Å². The van der Waals surface area contributed by atoms with Gasteiger partial charge in [-0.25, -0.2) is 4.79 Å². The van der Waals surface area contributed by atoms with Gasteiger partial charge < -0.3 is 14.1 Å². The van der Waals surface area contributed by atoms with Crippen molar-refractivity contribution >= 4 is 11.9 Å². The quantitative estimate of drug-likeness (QED) is 0.671. The molecule has 0 spiro atoms. The van der Waals surface area contributed by atoms with Crippen molar-refractivity contribution in [3.63, 3.8) is 0 Å². The van der Waals surface area contributed by atoms with Gasteiger partial charge in [-0.15, -0.1) is 0 Å². The van der Waals surface area contributed by atoms with Crippen LogP contribution < -0.4 is 0 Å². The van der Waals surface area contributed by atoms with Crippen LogP contribution in [0.25, 0.3) is 0 Å². The first-order valence-corrected chi connectivity index (χ1v) is 9.72. The fourth-order valence-electron chi connectivity index (χ4n) is 3.75. The molecule has 1 heterocycles. The summed E-state index contributed by atoms with van der Waals surface area (Å²) in [6, 6.07) is 7.54. The zero-order valence-corrected chi connectivity index (χ0v) is 16.8. The fourth-order valence-corrected chi connectivity index (χ4v) is 3.75. The summed E-state index contributed by atoms with van der Waals surface area (Å²) in [6.45, 7) is 5.81. The Bertz CT molecular complexity index is 857. The van der Waals surface area contributed by atoms with Gasteiger partial charge in [-0.2, -0.15) is 0 Å². The topological polar surface area (TPSA) is 59.8 Å². The number of ether oxygens (including phenoxy) is 1. The molecule has 0 aliphatic heterocycles. The normalized spacial score (nSPS) is 13.8. The zero-order valence-electron chi connectivity index (χ0n) is 16.8. The van der Waals surface area contributed by atoms with Crippen LogP contribution in [-0.2, 0) is 16.1 Å². The number of benzene rings is 1. The lowest BCUT2D eigenvalue weighted by Crippen LogP contribution is -2.34. The minimum Gasteiger partial charge on any atom is -0.467 e. The second-order valence-corrected chi connectivity index (χ2v) is 7.35. The number of carbonyl (C=O) groups excluding carboxylic acids is 2. The van der Waals surface area contributed by atoms with E-state index in [2.05, 4.69) is 6.08 Å². The van der Waals surface area contributed by atoms with Crippen molar-refractivity contribution in [2.45, 2.75) is 53.0 Å². The van der Waals surface area contributed by atoms with E-state index in [1.807, 2.05) is 39.0 Å². The number of allylic oxidation sites excluding steroid dienone is 2. The van der Waals surface area contributed by atoms with Crippen LogP contribution in [0.3, 0.4) is 0 Å². The monoisotopic (exact) mass is 381 g/mol. The molecule has 5 nitrogen and oxygen atoms in total. The van der Waals surface area contributed by atoms with Gasteiger partial charge in [-0.05, 0) is 69.7 Å². The van der Waals surface area contributed by atoms with Gasteiger partial charge in [0.2, 0.25) is 0 Å². The average molecular weight is 381 g/mol. The fraction of sp³-hybridized carbons (Fsp3) is 0.391. The van der Waals surface area contributed by atoms with Gasteiger partial charge in [-0.3, -0.25) is 4.79 Å². The van der Waals surface area contributed by atoms with Crippen LogP contribution in [0, 0.1) is 20.8 Å². The molecule has 3 rings (SSSR count). The number of hydrogen-bond donors (Lipinski definition) is 0. The number of aryl methyl sites for hydroxylation is 3. The molecule has 0 atom stereocenters. The highest BCUT2D eigenvalue weighted by Crippen LogP contribution is 2.24. The lowest BCUT2D eigenvalue weighted by atomic mass is 10.00. The van der Waals surface area contributed by atoms with Gasteiger partial charge in [0.1, 0.15) is 5.76 Å².